The second-order valence-corrected chi connectivity index (χ2v) is 2.66. The quantitative estimate of drug-likeness (QED) is 0.604. The molecule has 0 aromatic rings. The van der Waals surface area contributed by atoms with Crippen molar-refractivity contribution in [2.75, 3.05) is 6.61 Å². The number of rotatable bonds is 2. The molecule has 1 fully saturated rings. The Morgan fingerprint density at radius 1 is 1.60 bits per heavy atom. The SMILES string of the molecule is N#CCOC1CCC(N)C1. The Labute approximate surface area is 60.8 Å². The molecule has 0 spiro atoms. The molecule has 0 aromatic carbocycles. The summed E-state index contributed by atoms with van der Waals surface area (Å²) in [5.74, 6) is 0. The van der Waals surface area contributed by atoms with Crippen LogP contribution in [-0.2, 0) is 4.74 Å². The average Bonchev–Trinajstić information content (AvgIpc) is 2.31. The van der Waals surface area contributed by atoms with Gasteiger partial charge in [-0.2, -0.15) is 5.26 Å². The fraction of sp³-hybridized carbons (Fsp3) is 0.857. The molecule has 0 amide bonds. The van der Waals surface area contributed by atoms with E-state index in [-0.39, 0.29) is 12.7 Å². The van der Waals surface area contributed by atoms with Gasteiger partial charge in [-0.3, -0.25) is 0 Å². The van der Waals surface area contributed by atoms with E-state index in [1.165, 1.54) is 0 Å². The second-order valence-electron chi connectivity index (χ2n) is 2.66. The van der Waals surface area contributed by atoms with Crippen molar-refractivity contribution in [2.45, 2.75) is 31.4 Å². The van der Waals surface area contributed by atoms with E-state index in [0.29, 0.717) is 6.04 Å². The van der Waals surface area contributed by atoms with Gasteiger partial charge < -0.3 is 10.5 Å². The van der Waals surface area contributed by atoms with Crippen molar-refractivity contribution >= 4 is 0 Å². The number of nitrogens with zero attached hydrogens (tertiary/aromatic N) is 1. The number of nitriles is 1. The molecule has 3 heteroatoms. The molecule has 3 nitrogen and oxygen atoms in total. The molecule has 10 heavy (non-hydrogen) atoms. The summed E-state index contributed by atoms with van der Waals surface area (Å²) < 4.78 is 5.18. The first-order valence-corrected chi connectivity index (χ1v) is 3.57. The fourth-order valence-electron chi connectivity index (χ4n) is 1.28. The summed E-state index contributed by atoms with van der Waals surface area (Å²) in [4.78, 5) is 0. The Balaban J connectivity index is 2.14. The predicted molar refractivity (Wildman–Crippen MR) is 37.2 cm³/mol. The standard InChI is InChI=1S/C7H12N2O/c8-3-4-10-7-2-1-6(9)5-7/h6-7H,1-2,4-5,9H2. The highest BCUT2D eigenvalue weighted by Crippen LogP contribution is 2.19. The first-order chi connectivity index (χ1) is 4.83. The van der Waals surface area contributed by atoms with E-state index < -0.39 is 0 Å². The Morgan fingerprint density at radius 3 is 2.90 bits per heavy atom. The maximum atomic E-state index is 8.19. The zero-order chi connectivity index (χ0) is 7.40. The molecule has 0 radical (unpaired) electrons. The Kier molecular flexibility index (Phi) is 2.67. The molecule has 0 bridgehead atoms. The van der Waals surface area contributed by atoms with Crippen molar-refractivity contribution in [1.29, 1.82) is 5.26 Å². The minimum absolute atomic E-state index is 0.206. The lowest BCUT2D eigenvalue weighted by atomic mass is 10.3. The average molecular weight is 140 g/mol. The number of ether oxygens (including phenoxy) is 1. The van der Waals surface area contributed by atoms with Gasteiger partial charge in [0.15, 0.2) is 0 Å². The third-order valence-corrected chi connectivity index (χ3v) is 1.81. The van der Waals surface area contributed by atoms with Crippen LogP contribution in [-0.4, -0.2) is 18.8 Å². The van der Waals surface area contributed by atoms with Gasteiger partial charge >= 0.3 is 0 Å². The van der Waals surface area contributed by atoms with E-state index in [1.54, 1.807) is 0 Å². The van der Waals surface area contributed by atoms with Crippen LogP contribution in [0.25, 0.3) is 0 Å². The summed E-state index contributed by atoms with van der Waals surface area (Å²) in [6.45, 7) is 0.206. The highest BCUT2D eigenvalue weighted by atomic mass is 16.5. The van der Waals surface area contributed by atoms with Crippen molar-refractivity contribution in [2.24, 2.45) is 5.73 Å². The van der Waals surface area contributed by atoms with Gasteiger partial charge in [0.25, 0.3) is 0 Å². The van der Waals surface area contributed by atoms with E-state index in [1.807, 2.05) is 6.07 Å². The normalized spacial score (nSPS) is 32.0. The molecule has 0 saturated heterocycles. The summed E-state index contributed by atoms with van der Waals surface area (Å²) >= 11 is 0. The molecular formula is C7H12N2O. The Bertz CT molecular complexity index is 141. The zero-order valence-electron chi connectivity index (χ0n) is 5.92. The largest absolute Gasteiger partial charge is 0.363 e. The molecule has 0 aromatic heterocycles. The first-order valence-electron chi connectivity index (χ1n) is 3.57. The monoisotopic (exact) mass is 140 g/mol. The van der Waals surface area contributed by atoms with Crippen LogP contribution in [0.3, 0.4) is 0 Å². The van der Waals surface area contributed by atoms with Crippen LogP contribution in [0.15, 0.2) is 0 Å². The molecule has 1 aliphatic carbocycles. The van der Waals surface area contributed by atoms with E-state index in [0.717, 1.165) is 19.3 Å². The van der Waals surface area contributed by atoms with Crippen molar-refractivity contribution < 1.29 is 4.74 Å². The molecular weight excluding hydrogens is 128 g/mol. The summed E-state index contributed by atoms with van der Waals surface area (Å²) in [7, 11) is 0. The lowest BCUT2D eigenvalue weighted by Crippen LogP contribution is -2.17. The molecule has 2 N–H and O–H groups in total. The molecule has 0 aliphatic heterocycles. The van der Waals surface area contributed by atoms with Crippen molar-refractivity contribution in [3.63, 3.8) is 0 Å². The van der Waals surface area contributed by atoms with E-state index >= 15 is 0 Å². The van der Waals surface area contributed by atoms with Crippen LogP contribution in [0.4, 0.5) is 0 Å². The third-order valence-electron chi connectivity index (χ3n) is 1.81. The third kappa shape index (κ3) is 1.98. The molecule has 1 aliphatic rings. The van der Waals surface area contributed by atoms with Gasteiger partial charge in [-0.15, -0.1) is 0 Å². The lowest BCUT2D eigenvalue weighted by molar-refractivity contribution is 0.0819. The van der Waals surface area contributed by atoms with Crippen LogP contribution in [0, 0.1) is 11.3 Å². The predicted octanol–water partition coefficient (Wildman–Crippen LogP) is 0.406. The van der Waals surface area contributed by atoms with E-state index in [9.17, 15) is 0 Å². The van der Waals surface area contributed by atoms with Gasteiger partial charge in [0.2, 0.25) is 0 Å². The molecule has 1 rings (SSSR count). The van der Waals surface area contributed by atoms with Crippen LogP contribution in [0.2, 0.25) is 0 Å². The van der Waals surface area contributed by atoms with Crippen molar-refractivity contribution in [3.05, 3.63) is 0 Å². The van der Waals surface area contributed by atoms with Crippen molar-refractivity contribution in [1.82, 2.24) is 0 Å². The molecule has 0 heterocycles. The maximum Gasteiger partial charge on any atom is 0.134 e. The van der Waals surface area contributed by atoms with Crippen LogP contribution >= 0.6 is 0 Å². The second kappa shape index (κ2) is 3.55. The van der Waals surface area contributed by atoms with Gasteiger partial charge in [0, 0.05) is 6.04 Å². The Hall–Kier alpha value is -0.590. The molecule has 1 saturated carbocycles. The molecule has 2 atom stereocenters. The summed E-state index contributed by atoms with van der Waals surface area (Å²) in [6.07, 6.45) is 3.22. The number of nitrogens with two attached hydrogens (primary N) is 1. The Morgan fingerprint density at radius 2 is 2.40 bits per heavy atom. The van der Waals surface area contributed by atoms with Crippen LogP contribution in [0.5, 0.6) is 0 Å². The van der Waals surface area contributed by atoms with Gasteiger partial charge in [-0.1, -0.05) is 0 Å². The van der Waals surface area contributed by atoms with Gasteiger partial charge in [-0.05, 0) is 19.3 Å². The van der Waals surface area contributed by atoms with E-state index in [2.05, 4.69) is 0 Å². The minimum atomic E-state index is 0.206. The summed E-state index contributed by atoms with van der Waals surface area (Å²) in [5, 5.41) is 8.19. The van der Waals surface area contributed by atoms with Gasteiger partial charge in [0.05, 0.1) is 12.2 Å². The number of hydrogen-bond acceptors (Lipinski definition) is 3. The number of hydrogen-bond donors (Lipinski definition) is 1. The van der Waals surface area contributed by atoms with Crippen molar-refractivity contribution in [3.8, 4) is 6.07 Å². The highest BCUT2D eigenvalue weighted by Gasteiger charge is 2.21. The zero-order valence-corrected chi connectivity index (χ0v) is 5.92. The topological polar surface area (TPSA) is 59.0 Å². The summed E-state index contributed by atoms with van der Waals surface area (Å²) in [5.41, 5.74) is 5.63. The fourth-order valence-corrected chi connectivity index (χ4v) is 1.28. The summed E-state index contributed by atoms with van der Waals surface area (Å²) in [6, 6.07) is 2.24. The smallest absolute Gasteiger partial charge is 0.134 e. The van der Waals surface area contributed by atoms with Gasteiger partial charge in [0.1, 0.15) is 6.61 Å². The van der Waals surface area contributed by atoms with Gasteiger partial charge in [-0.25, -0.2) is 0 Å². The first kappa shape index (κ1) is 7.52. The van der Waals surface area contributed by atoms with Crippen LogP contribution in [0.1, 0.15) is 19.3 Å². The van der Waals surface area contributed by atoms with E-state index in [4.69, 9.17) is 15.7 Å². The minimum Gasteiger partial charge on any atom is -0.363 e. The lowest BCUT2D eigenvalue weighted by Gasteiger charge is -2.06. The highest BCUT2D eigenvalue weighted by molar-refractivity contribution is 4.79. The maximum absolute atomic E-state index is 8.19. The van der Waals surface area contributed by atoms with Crippen LogP contribution < -0.4 is 5.73 Å². The molecule has 56 valence electrons. The molecule has 2 unspecified atom stereocenters.